The second kappa shape index (κ2) is 8.69. The number of phenols is 1. The Bertz CT molecular complexity index is 721. The fraction of sp³-hybridized carbons (Fsp3) is 0.250. The molecule has 0 heterocycles. The van der Waals surface area contributed by atoms with Crippen LogP contribution in [0, 0.1) is 5.92 Å². The van der Waals surface area contributed by atoms with Crippen LogP contribution in [-0.2, 0) is 6.54 Å². The van der Waals surface area contributed by atoms with E-state index in [1.54, 1.807) is 18.2 Å². The van der Waals surface area contributed by atoms with Crippen LogP contribution in [0.4, 0.5) is 0 Å². The van der Waals surface area contributed by atoms with Crippen LogP contribution in [0.25, 0.3) is 6.08 Å². The fourth-order valence-corrected chi connectivity index (χ4v) is 2.45. The molecule has 2 rings (SSSR count). The summed E-state index contributed by atoms with van der Waals surface area (Å²) in [6.45, 7) is 4.73. The summed E-state index contributed by atoms with van der Waals surface area (Å²) in [5, 5.41) is 12.8. The van der Waals surface area contributed by atoms with E-state index in [2.05, 4.69) is 35.1 Å². The lowest BCUT2D eigenvalue weighted by Gasteiger charge is -2.07. The van der Waals surface area contributed by atoms with Gasteiger partial charge in [0.2, 0.25) is 0 Å². The maximum atomic E-state index is 12.3. The number of hydrogen-bond acceptors (Lipinski definition) is 2. The number of hydrogen-bond donors (Lipinski definition) is 2. The molecule has 1 amide bonds. The lowest BCUT2D eigenvalue weighted by atomic mass is 10.1. The summed E-state index contributed by atoms with van der Waals surface area (Å²) in [7, 11) is 0. The van der Waals surface area contributed by atoms with Crippen molar-refractivity contribution in [1.82, 2.24) is 5.32 Å². The molecule has 0 saturated heterocycles. The standard InChI is InChI=1S/C20H22BrNO2/c1-14(2)4-3-5-16-12-17(8-11-19(16)23)20(24)22-13-15-6-9-18(21)10-7-15/h3,5-12,14,23H,4,13H2,1-2H3,(H,22,24). The van der Waals surface area contributed by atoms with Gasteiger partial charge in [-0.1, -0.05) is 54.1 Å². The molecule has 0 spiro atoms. The second-order valence-corrected chi connectivity index (χ2v) is 7.03. The molecule has 0 aliphatic heterocycles. The SMILES string of the molecule is CC(C)CC=Cc1cc(C(=O)NCc2ccc(Br)cc2)ccc1O. The number of phenolic OH excluding ortho intramolecular Hbond substituents is 1. The zero-order chi connectivity index (χ0) is 17.5. The smallest absolute Gasteiger partial charge is 0.251 e. The summed E-state index contributed by atoms with van der Waals surface area (Å²) in [5.74, 6) is 0.580. The van der Waals surface area contributed by atoms with Gasteiger partial charge in [-0.15, -0.1) is 0 Å². The molecule has 2 N–H and O–H groups in total. The van der Waals surface area contributed by atoms with E-state index < -0.39 is 0 Å². The molecule has 3 nitrogen and oxygen atoms in total. The third kappa shape index (κ3) is 5.53. The van der Waals surface area contributed by atoms with Crippen LogP contribution in [0.5, 0.6) is 5.75 Å². The first-order chi connectivity index (χ1) is 11.5. The minimum atomic E-state index is -0.156. The number of amides is 1. The van der Waals surface area contributed by atoms with Crippen molar-refractivity contribution in [2.75, 3.05) is 0 Å². The number of carbonyl (C=O) groups is 1. The van der Waals surface area contributed by atoms with Gasteiger partial charge in [0.05, 0.1) is 0 Å². The van der Waals surface area contributed by atoms with Crippen molar-refractivity contribution in [3.63, 3.8) is 0 Å². The van der Waals surface area contributed by atoms with E-state index >= 15 is 0 Å². The minimum Gasteiger partial charge on any atom is -0.507 e. The Morgan fingerprint density at radius 1 is 1.21 bits per heavy atom. The molecule has 0 unspecified atom stereocenters. The van der Waals surface area contributed by atoms with Crippen LogP contribution in [0.3, 0.4) is 0 Å². The minimum absolute atomic E-state index is 0.156. The van der Waals surface area contributed by atoms with Crippen molar-refractivity contribution in [3.05, 3.63) is 69.7 Å². The Hall–Kier alpha value is -2.07. The quantitative estimate of drug-likeness (QED) is 0.720. The zero-order valence-electron chi connectivity index (χ0n) is 13.9. The van der Waals surface area contributed by atoms with E-state index in [9.17, 15) is 9.90 Å². The summed E-state index contributed by atoms with van der Waals surface area (Å²) in [6, 6.07) is 12.7. The summed E-state index contributed by atoms with van der Waals surface area (Å²) < 4.78 is 1.01. The summed E-state index contributed by atoms with van der Waals surface area (Å²) in [4.78, 5) is 12.3. The number of aromatic hydroxyl groups is 1. The zero-order valence-corrected chi connectivity index (χ0v) is 15.5. The Kier molecular flexibility index (Phi) is 6.62. The number of allylic oxidation sites excluding steroid dienone is 1. The third-order valence-corrected chi connectivity index (χ3v) is 4.09. The van der Waals surface area contributed by atoms with E-state index in [-0.39, 0.29) is 11.7 Å². The third-order valence-electron chi connectivity index (χ3n) is 3.56. The predicted octanol–water partition coefficient (Wildman–Crippen LogP) is 5.14. The molecule has 2 aromatic carbocycles. The molecule has 0 bridgehead atoms. The highest BCUT2D eigenvalue weighted by Crippen LogP contribution is 2.21. The van der Waals surface area contributed by atoms with Crippen LogP contribution in [0.2, 0.25) is 0 Å². The van der Waals surface area contributed by atoms with E-state index in [0.717, 1.165) is 16.5 Å². The van der Waals surface area contributed by atoms with Gasteiger partial charge in [0, 0.05) is 22.1 Å². The number of nitrogens with one attached hydrogen (secondary N) is 1. The maximum absolute atomic E-state index is 12.3. The van der Waals surface area contributed by atoms with Crippen molar-refractivity contribution in [2.45, 2.75) is 26.8 Å². The average molecular weight is 388 g/mol. The first kappa shape index (κ1) is 18.3. The van der Waals surface area contributed by atoms with Gasteiger partial charge in [-0.3, -0.25) is 4.79 Å². The second-order valence-electron chi connectivity index (χ2n) is 6.11. The topological polar surface area (TPSA) is 49.3 Å². The highest BCUT2D eigenvalue weighted by molar-refractivity contribution is 9.10. The van der Waals surface area contributed by atoms with Crippen LogP contribution < -0.4 is 5.32 Å². The summed E-state index contributed by atoms with van der Waals surface area (Å²) >= 11 is 3.39. The van der Waals surface area contributed by atoms with Gasteiger partial charge in [-0.25, -0.2) is 0 Å². The van der Waals surface area contributed by atoms with Gasteiger partial charge in [0.1, 0.15) is 5.75 Å². The Labute approximate surface area is 151 Å². The summed E-state index contributed by atoms with van der Waals surface area (Å²) in [5.41, 5.74) is 2.23. The average Bonchev–Trinajstić information content (AvgIpc) is 2.55. The van der Waals surface area contributed by atoms with Gasteiger partial charge < -0.3 is 10.4 Å². The van der Waals surface area contributed by atoms with E-state index in [1.165, 1.54) is 0 Å². The lowest BCUT2D eigenvalue weighted by Crippen LogP contribution is -2.22. The van der Waals surface area contributed by atoms with Gasteiger partial charge in [0.15, 0.2) is 0 Å². The van der Waals surface area contributed by atoms with E-state index in [0.29, 0.717) is 23.6 Å². The molecule has 0 radical (unpaired) electrons. The van der Waals surface area contributed by atoms with Crippen LogP contribution in [-0.4, -0.2) is 11.0 Å². The van der Waals surface area contributed by atoms with Crippen LogP contribution >= 0.6 is 15.9 Å². The normalized spacial score (nSPS) is 11.2. The van der Waals surface area contributed by atoms with Crippen molar-refractivity contribution in [1.29, 1.82) is 0 Å². The van der Waals surface area contributed by atoms with E-state index in [4.69, 9.17) is 0 Å². The first-order valence-electron chi connectivity index (χ1n) is 7.98. The number of benzene rings is 2. The molecule has 0 atom stereocenters. The van der Waals surface area contributed by atoms with Gasteiger partial charge in [0.25, 0.3) is 5.91 Å². The van der Waals surface area contributed by atoms with Crippen LogP contribution in [0.1, 0.15) is 41.8 Å². The number of carbonyl (C=O) groups excluding carboxylic acids is 1. The molecule has 4 heteroatoms. The molecule has 0 saturated carbocycles. The first-order valence-corrected chi connectivity index (χ1v) is 8.77. The molecule has 2 aromatic rings. The maximum Gasteiger partial charge on any atom is 0.251 e. The molecule has 24 heavy (non-hydrogen) atoms. The van der Waals surface area contributed by atoms with Crippen LogP contribution in [0.15, 0.2) is 53.0 Å². The Morgan fingerprint density at radius 3 is 2.58 bits per heavy atom. The molecular weight excluding hydrogens is 366 g/mol. The van der Waals surface area contributed by atoms with Crippen molar-refractivity contribution in [3.8, 4) is 5.75 Å². The fourth-order valence-electron chi connectivity index (χ4n) is 2.18. The molecule has 0 aliphatic rings. The molecule has 126 valence electrons. The van der Waals surface area contributed by atoms with Crippen molar-refractivity contribution < 1.29 is 9.90 Å². The monoisotopic (exact) mass is 387 g/mol. The highest BCUT2D eigenvalue weighted by atomic mass is 79.9. The Balaban J connectivity index is 2.03. The number of halogens is 1. The van der Waals surface area contributed by atoms with Crippen molar-refractivity contribution in [2.24, 2.45) is 5.92 Å². The van der Waals surface area contributed by atoms with Crippen molar-refractivity contribution >= 4 is 27.9 Å². The molecular formula is C20H22BrNO2. The molecule has 0 aromatic heterocycles. The number of rotatable bonds is 6. The summed E-state index contributed by atoms with van der Waals surface area (Å²) in [6.07, 6.45) is 4.81. The lowest BCUT2D eigenvalue weighted by molar-refractivity contribution is 0.0951. The predicted molar refractivity (Wildman–Crippen MR) is 102 cm³/mol. The van der Waals surface area contributed by atoms with E-state index in [1.807, 2.05) is 36.4 Å². The Morgan fingerprint density at radius 2 is 1.92 bits per heavy atom. The van der Waals surface area contributed by atoms with Gasteiger partial charge >= 0.3 is 0 Å². The molecule has 0 fully saturated rings. The van der Waals surface area contributed by atoms with Gasteiger partial charge in [-0.05, 0) is 48.2 Å². The highest BCUT2D eigenvalue weighted by Gasteiger charge is 2.08. The van der Waals surface area contributed by atoms with Gasteiger partial charge in [-0.2, -0.15) is 0 Å². The molecule has 0 aliphatic carbocycles. The largest absolute Gasteiger partial charge is 0.507 e.